The summed E-state index contributed by atoms with van der Waals surface area (Å²) < 4.78 is 0. The monoisotopic (exact) mass is 208 g/mol. The molecule has 1 aromatic carbocycles. The van der Waals surface area contributed by atoms with Crippen LogP contribution in [0.1, 0.15) is 44.6 Å². The van der Waals surface area contributed by atoms with Crippen molar-refractivity contribution in [2.75, 3.05) is 0 Å². The molecule has 0 aliphatic heterocycles. The van der Waals surface area contributed by atoms with E-state index in [0.717, 1.165) is 0 Å². The summed E-state index contributed by atoms with van der Waals surface area (Å²) in [5.74, 6) is 0. The molecule has 0 aliphatic carbocycles. The molecule has 78 valence electrons. The first-order valence-electron chi connectivity index (χ1n) is 5.68. The topological polar surface area (TPSA) is 0 Å². The summed E-state index contributed by atoms with van der Waals surface area (Å²) in [7, 11) is 2.82. The van der Waals surface area contributed by atoms with Crippen molar-refractivity contribution in [2.45, 2.75) is 45.4 Å². The van der Waals surface area contributed by atoms with Gasteiger partial charge in [0.05, 0.1) is 0 Å². The fraction of sp³-hybridized carbons (Fsp3) is 0.538. The molecule has 0 bridgehead atoms. The first kappa shape index (κ1) is 11.7. The van der Waals surface area contributed by atoms with Gasteiger partial charge in [0, 0.05) is 0 Å². The van der Waals surface area contributed by atoms with Crippen LogP contribution in [0.5, 0.6) is 0 Å². The van der Waals surface area contributed by atoms with Crippen LogP contribution >= 0.6 is 9.24 Å². The highest BCUT2D eigenvalue weighted by atomic mass is 31.0. The molecule has 0 fully saturated rings. The van der Waals surface area contributed by atoms with E-state index in [1.165, 1.54) is 49.4 Å². The summed E-state index contributed by atoms with van der Waals surface area (Å²) in [6.45, 7) is 2.26. The predicted octanol–water partition coefficient (Wildman–Crippen LogP) is 3.70. The van der Waals surface area contributed by atoms with Gasteiger partial charge in [0.15, 0.2) is 0 Å². The highest BCUT2D eigenvalue weighted by molar-refractivity contribution is 7.27. The first-order chi connectivity index (χ1) is 6.84. The molecule has 0 N–H and O–H groups in total. The summed E-state index contributed by atoms with van der Waals surface area (Å²) >= 11 is 0. The highest BCUT2D eigenvalue weighted by Gasteiger charge is 1.96. The van der Waals surface area contributed by atoms with Crippen LogP contribution < -0.4 is 5.30 Å². The maximum absolute atomic E-state index is 2.82. The molecular formula is C13H21P. The van der Waals surface area contributed by atoms with E-state index in [1.807, 2.05) is 0 Å². The smallest absolute Gasteiger partial charge is 0.0271 e. The molecule has 0 heterocycles. The Kier molecular flexibility index (Phi) is 5.87. The third-order valence-corrected chi connectivity index (χ3v) is 3.17. The molecule has 1 rings (SSSR count). The lowest BCUT2D eigenvalue weighted by molar-refractivity contribution is 0.633. The summed E-state index contributed by atoms with van der Waals surface area (Å²) in [5, 5.41) is 1.36. The normalized spacial score (nSPS) is 10.4. The molecule has 0 saturated carbocycles. The Bertz CT molecular complexity index is 255. The van der Waals surface area contributed by atoms with Crippen molar-refractivity contribution in [3.8, 4) is 0 Å². The van der Waals surface area contributed by atoms with E-state index in [1.54, 1.807) is 0 Å². The van der Waals surface area contributed by atoms with E-state index < -0.39 is 0 Å². The number of benzene rings is 1. The third-order valence-electron chi connectivity index (χ3n) is 2.60. The van der Waals surface area contributed by atoms with Crippen molar-refractivity contribution in [1.29, 1.82) is 0 Å². The minimum Gasteiger partial charge on any atom is -0.105 e. The fourth-order valence-electron chi connectivity index (χ4n) is 1.68. The molecule has 0 radical (unpaired) electrons. The Hall–Kier alpha value is -0.350. The zero-order valence-corrected chi connectivity index (χ0v) is 10.3. The molecule has 0 saturated heterocycles. The van der Waals surface area contributed by atoms with Crippen molar-refractivity contribution in [3.63, 3.8) is 0 Å². The van der Waals surface area contributed by atoms with E-state index in [9.17, 15) is 0 Å². The number of rotatable bonds is 6. The van der Waals surface area contributed by atoms with Gasteiger partial charge in [-0.05, 0) is 23.7 Å². The average Bonchev–Trinajstić information content (AvgIpc) is 2.20. The first-order valence-corrected chi connectivity index (χ1v) is 6.25. The van der Waals surface area contributed by atoms with Crippen LogP contribution in [0.15, 0.2) is 24.3 Å². The molecular weight excluding hydrogens is 187 g/mol. The van der Waals surface area contributed by atoms with Gasteiger partial charge >= 0.3 is 0 Å². The standard InChI is InChI=1S/C13H21P/c1-2-3-4-5-6-9-12-10-7-8-11-13(12)14/h7-8,10-11H,2-6,9,14H2,1H3. The molecule has 1 aromatic rings. The van der Waals surface area contributed by atoms with E-state index >= 15 is 0 Å². The van der Waals surface area contributed by atoms with Crippen LogP contribution in [0.2, 0.25) is 0 Å². The van der Waals surface area contributed by atoms with Gasteiger partial charge in [-0.2, -0.15) is 0 Å². The summed E-state index contributed by atoms with van der Waals surface area (Å²) in [5.41, 5.74) is 1.49. The van der Waals surface area contributed by atoms with Crippen molar-refractivity contribution >= 4 is 14.5 Å². The lowest BCUT2D eigenvalue weighted by Crippen LogP contribution is -2.00. The lowest BCUT2D eigenvalue weighted by atomic mass is 10.1. The quantitative estimate of drug-likeness (QED) is 0.494. The van der Waals surface area contributed by atoms with Gasteiger partial charge in [-0.25, -0.2) is 0 Å². The molecule has 1 unspecified atom stereocenters. The van der Waals surface area contributed by atoms with E-state index in [2.05, 4.69) is 40.4 Å². The maximum Gasteiger partial charge on any atom is -0.0271 e. The van der Waals surface area contributed by atoms with Gasteiger partial charge in [0.1, 0.15) is 0 Å². The number of hydrogen-bond donors (Lipinski definition) is 0. The minimum atomic E-state index is 1.24. The zero-order valence-electron chi connectivity index (χ0n) is 9.13. The van der Waals surface area contributed by atoms with Crippen LogP contribution in [0.4, 0.5) is 0 Å². The zero-order chi connectivity index (χ0) is 10.2. The fourth-order valence-corrected chi connectivity index (χ4v) is 2.03. The lowest BCUT2D eigenvalue weighted by Gasteiger charge is -2.04. The predicted molar refractivity (Wildman–Crippen MR) is 68.2 cm³/mol. The van der Waals surface area contributed by atoms with Crippen LogP contribution in [-0.2, 0) is 6.42 Å². The Morgan fingerprint density at radius 1 is 1.00 bits per heavy atom. The SMILES string of the molecule is CCCCCCCc1ccccc1P. The molecule has 1 atom stereocenters. The molecule has 0 amide bonds. The second-order valence-corrected chi connectivity index (χ2v) is 4.49. The van der Waals surface area contributed by atoms with Crippen molar-refractivity contribution in [3.05, 3.63) is 29.8 Å². The molecule has 0 spiro atoms. The molecule has 1 heteroatoms. The Balaban J connectivity index is 2.21. The van der Waals surface area contributed by atoms with Crippen LogP contribution in [0.3, 0.4) is 0 Å². The van der Waals surface area contributed by atoms with Gasteiger partial charge in [-0.1, -0.05) is 56.9 Å². The Labute approximate surface area is 90.3 Å². The second-order valence-electron chi connectivity index (χ2n) is 3.86. The van der Waals surface area contributed by atoms with Gasteiger partial charge in [0.25, 0.3) is 0 Å². The number of hydrogen-bond acceptors (Lipinski definition) is 0. The van der Waals surface area contributed by atoms with Crippen molar-refractivity contribution in [2.24, 2.45) is 0 Å². The molecule has 0 aromatic heterocycles. The maximum atomic E-state index is 2.82. The Morgan fingerprint density at radius 3 is 2.43 bits per heavy atom. The van der Waals surface area contributed by atoms with Crippen LogP contribution in [0, 0.1) is 0 Å². The molecule has 0 aliphatic rings. The Morgan fingerprint density at radius 2 is 1.71 bits per heavy atom. The largest absolute Gasteiger partial charge is 0.105 e. The third kappa shape index (κ3) is 4.24. The number of aryl methyl sites for hydroxylation is 1. The van der Waals surface area contributed by atoms with Gasteiger partial charge < -0.3 is 0 Å². The molecule has 14 heavy (non-hydrogen) atoms. The van der Waals surface area contributed by atoms with Gasteiger partial charge in [-0.3, -0.25) is 0 Å². The summed E-state index contributed by atoms with van der Waals surface area (Å²) in [4.78, 5) is 0. The van der Waals surface area contributed by atoms with Crippen LogP contribution in [-0.4, -0.2) is 0 Å². The van der Waals surface area contributed by atoms with E-state index in [-0.39, 0.29) is 0 Å². The highest BCUT2D eigenvalue weighted by Crippen LogP contribution is 2.08. The van der Waals surface area contributed by atoms with Crippen LogP contribution in [0.25, 0.3) is 0 Å². The van der Waals surface area contributed by atoms with E-state index in [4.69, 9.17) is 0 Å². The average molecular weight is 208 g/mol. The minimum absolute atomic E-state index is 1.24. The number of unbranched alkanes of at least 4 members (excludes halogenated alkanes) is 4. The van der Waals surface area contributed by atoms with Gasteiger partial charge in [0.2, 0.25) is 0 Å². The van der Waals surface area contributed by atoms with E-state index in [0.29, 0.717) is 0 Å². The second kappa shape index (κ2) is 7.01. The van der Waals surface area contributed by atoms with Crippen molar-refractivity contribution in [1.82, 2.24) is 0 Å². The van der Waals surface area contributed by atoms with Gasteiger partial charge in [-0.15, -0.1) is 9.24 Å². The van der Waals surface area contributed by atoms with Crippen molar-refractivity contribution < 1.29 is 0 Å². The summed E-state index contributed by atoms with van der Waals surface area (Å²) in [6.07, 6.45) is 8.08. The molecule has 0 nitrogen and oxygen atoms in total. The summed E-state index contributed by atoms with van der Waals surface area (Å²) in [6, 6.07) is 8.64.